The molecule has 0 unspecified atom stereocenters. The zero-order valence-corrected chi connectivity index (χ0v) is 21.3. The Kier molecular flexibility index (Phi) is 6.03. The van der Waals surface area contributed by atoms with Crippen LogP contribution in [0.3, 0.4) is 0 Å². The van der Waals surface area contributed by atoms with E-state index in [1.807, 2.05) is 25.7 Å². The van der Waals surface area contributed by atoms with Gasteiger partial charge in [-0.25, -0.2) is 4.98 Å². The van der Waals surface area contributed by atoms with Gasteiger partial charge in [0, 0.05) is 37.7 Å². The number of carbonyl (C=O) groups excluding carboxylic acids is 1. The summed E-state index contributed by atoms with van der Waals surface area (Å²) in [6.07, 6.45) is 2.97. The van der Waals surface area contributed by atoms with Crippen LogP contribution >= 0.6 is 0 Å². The van der Waals surface area contributed by atoms with Crippen LogP contribution in [0.4, 0.5) is 5.69 Å². The van der Waals surface area contributed by atoms with E-state index in [4.69, 9.17) is 9.47 Å². The smallest absolute Gasteiger partial charge is 0.253 e. The number of morpholine rings is 1. The van der Waals surface area contributed by atoms with Crippen molar-refractivity contribution in [3.8, 4) is 5.75 Å². The van der Waals surface area contributed by atoms with Gasteiger partial charge in [0.2, 0.25) is 5.91 Å². The van der Waals surface area contributed by atoms with E-state index in [1.165, 1.54) is 11.3 Å². The molecule has 0 spiro atoms. The number of nitrogens with zero attached hydrogens (tertiary/aromatic N) is 6. The lowest BCUT2D eigenvalue weighted by Crippen LogP contribution is -2.46. The van der Waals surface area contributed by atoms with Crippen LogP contribution in [0.25, 0.3) is 5.78 Å². The van der Waals surface area contributed by atoms with Crippen molar-refractivity contribution in [2.75, 3.05) is 44.3 Å². The highest BCUT2D eigenvalue weighted by molar-refractivity contribution is 5.80. The van der Waals surface area contributed by atoms with Gasteiger partial charge in [0.25, 0.3) is 5.78 Å². The fraction of sp³-hybridized carbons (Fsp3) is 0.556. The first-order valence-electron chi connectivity index (χ1n) is 13.0. The molecule has 1 aromatic carbocycles. The average Bonchev–Trinajstić information content (AvgIpc) is 3.48. The van der Waals surface area contributed by atoms with E-state index in [-0.39, 0.29) is 12.0 Å². The fourth-order valence-corrected chi connectivity index (χ4v) is 5.75. The second kappa shape index (κ2) is 9.35. The van der Waals surface area contributed by atoms with Crippen molar-refractivity contribution in [2.45, 2.75) is 52.1 Å². The van der Waals surface area contributed by atoms with E-state index in [9.17, 15) is 4.79 Å². The Labute approximate surface area is 211 Å². The molecule has 1 aliphatic carbocycles. The van der Waals surface area contributed by atoms with Crippen molar-refractivity contribution in [3.63, 3.8) is 0 Å². The first kappa shape index (κ1) is 23.2. The quantitative estimate of drug-likeness (QED) is 0.543. The summed E-state index contributed by atoms with van der Waals surface area (Å²) < 4.78 is 13.6. The molecule has 1 amide bonds. The molecular formula is C27H34N6O3. The lowest BCUT2D eigenvalue weighted by Gasteiger charge is -2.39. The van der Waals surface area contributed by atoms with E-state index < -0.39 is 0 Å². The highest BCUT2D eigenvalue weighted by Crippen LogP contribution is 2.43. The molecule has 36 heavy (non-hydrogen) atoms. The summed E-state index contributed by atoms with van der Waals surface area (Å²) >= 11 is 0. The topological polar surface area (TPSA) is 85.1 Å². The average molecular weight is 491 g/mol. The molecule has 0 radical (unpaired) electrons. The Morgan fingerprint density at radius 1 is 1.03 bits per heavy atom. The zero-order valence-electron chi connectivity index (χ0n) is 21.3. The van der Waals surface area contributed by atoms with E-state index in [1.54, 1.807) is 4.52 Å². The van der Waals surface area contributed by atoms with Crippen molar-refractivity contribution >= 4 is 17.4 Å². The third-order valence-electron chi connectivity index (χ3n) is 7.91. The third-order valence-corrected chi connectivity index (χ3v) is 7.91. The molecule has 1 saturated carbocycles. The minimum absolute atomic E-state index is 0.101. The molecule has 2 aliphatic heterocycles. The van der Waals surface area contributed by atoms with Gasteiger partial charge in [-0.15, -0.1) is 5.10 Å². The van der Waals surface area contributed by atoms with Crippen molar-refractivity contribution in [1.29, 1.82) is 0 Å². The maximum atomic E-state index is 12.7. The van der Waals surface area contributed by atoms with E-state index >= 15 is 0 Å². The Morgan fingerprint density at radius 3 is 2.53 bits per heavy atom. The van der Waals surface area contributed by atoms with Crippen LogP contribution in [0.15, 0.2) is 24.3 Å². The first-order valence-corrected chi connectivity index (χ1v) is 13.0. The lowest BCUT2D eigenvalue weighted by molar-refractivity contribution is -0.142. The van der Waals surface area contributed by atoms with Crippen molar-refractivity contribution in [2.24, 2.45) is 5.92 Å². The molecule has 9 heteroatoms. The molecule has 2 aromatic heterocycles. The van der Waals surface area contributed by atoms with Gasteiger partial charge < -0.3 is 19.3 Å². The number of aryl methyl sites for hydroxylation is 3. The second-order valence-electron chi connectivity index (χ2n) is 10.4. The number of carbonyl (C=O) groups is 1. The van der Waals surface area contributed by atoms with Crippen LogP contribution in [-0.2, 0) is 9.53 Å². The number of aromatic nitrogens is 4. The van der Waals surface area contributed by atoms with E-state index in [0.717, 1.165) is 62.6 Å². The summed E-state index contributed by atoms with van der Waals surface area (Å²) in [5.41, 5.74) is 4.34. The Balaban J connectivity index is 1.05. The van der Waals surface area contributed by atoms with Crippen LogP contribution < -0.4 is 9.64 Å². The van der Waals surface area contributed by atoms with Crippen LogP contribution in [0, 0.1) is 26.7 Å². The number of ether oxygens (including phenoxy) is 2. The number of benzene rings is 1. The van der Waals surface area contributed by atoms with Gasteiger partial charge in [0.15, 0.2) is 5.75 Å². The molecule has 3 aromatic rings. The highest BCUT2D eigenvalue weighted by Gasteiger charge is 2.38. The minimum atomic E-state index is 0.101. The number of anilines is 1. The molecular weight excluding hydrogens is 456 g/mol. The third kappa shape index (κ3) is 4.30. The summed E-state index contributed by atoms with van der Waals surface area (Å²) in [6.45, 7) is 10.5. The number of fused-ring (bicyclic) bond motifs is 1. The molecule has 4 heterocycles. The maximum absolute atomic E-state index is 12.7. The van der Waals surface area contributed by atoms with Crippen molar-refractivity contribution < 1.29 is 14.3 Å². The van der Waals surface area contributed by atoms with Crippen LogP contribution in [-0.4, -0.2) is 75.9 Å². The fourth-order valence-electron chi connectivity index (χ4n) is 5.75. The summed E-state index contributed by atoms with van der Waals surface area (Å²) in [5.74, 6) is 3.10. The summed E-state index contributed by atoms with van der Waals surface area (Å²) in [4.78, 5) is 26.0. The van der Waals surface area contributed by atoms with Gasteiger partial charge in [-0.3, -0.25) is 4.79 Å². The van der Waals surface area contributed by atoms with Gasteiger partial charge in [0.05, 0.1) is 31.1 Å². The second-order valence-corrected chi connectivity index (χ2v) is 10.4. The maximum Gasteiger partial charge on any atom is 0.253 e. The predicted molar refractivity (Wildman–Crippen MR) is 136 cm³/mol. The molecule has 190 valence electrons. The lowest BCUT2D eigenvalue weighted by atomic mass is 9.70. The van der Waals surface area contributed by atoms with Gasteiger partial charge in [-0.2, -0.15) is 9.50 Å². The normalized spacial score (nSPS) is 24.2. The summed E-state index contributed by atoms with van der Waals surface area (Å²) in [6, 6.07) is 8.92. The van der Waals surface area contributed by atoms with Crippen LogP contribution in [0.1, 0.15) is 48.0 Å². The number of amides is 1. The molecule has 9 nitrogen and oxygen atoms in total. The van der Waals surface area contributed by atoms with E-state index in [0.29, 0.717) is 36.6 Å². The number of hydrogen-bond donors (Lipinski definition) is 0. The Hall–Kier alpha value is -3.20. The molecule has 6 rings (SSSR count). The van der Waals surface area contributed by atoms with Gasteiger partial charge in [-0.05, 0) is 57.2 Å². The van der Waals surface area contributed by atoms with Crippen LogP contribution in [0.5, 0.6) is 5.75 Å². The number of hydrogen-bond acceptors (Lipinski definition) is 7. The van der Waals surface area contributed by atoms with Gasteiger partial charge in [-0.1, -0.05) is 12.1 Å². The molecule has 0 N–H and O–H groups in total. The van der Waals surface area contributed by atoms with Crippen LogP contribution in [0.2, 0.25) is 0 Å². The zero-order chi connectivity index (χ0) is 24.8. The monoisotopic (exact) mass is 490 g/mol. The molecule has 3 fully saturated rings. The highest BCUT2D eigenvalue weighted by atomic mass is 16.5. The first-order chi connectivity index (χ1) is 17.5. The van der Waals surface area contributed by atoms with Gasteiger partial charge >= 0.3 is 0 Å². The summed E-state index contributed by atoms with van der Waals surface area (Å²) in [5, 5.41) is 4.45. The summed E-state index contributed by atoms with van der Waals surface area (Å²) in [7, 11) is 0. The predicted octanol–water partition coefficient (Wildman–Crippen LogP) is 3.06. The van der Waals surface area contributed by atoms with Crippen molar-refractivity contribution in [1.82, 2.24) is 24.5 Å². The minimum Gasteiger partial charge on any atom is -0.485 e. The molecule has 0 bridgehead atoms. The van der Waals surface area contributed by atoms with E-state index in [2.05, 4.69) is 44.2 Å². The molecule has 2 saturated heterocycles. The SMILES string of the molecule is Cc1nc2nc(C)c(O[C@@H]3CCN(c4ccc(C5CC(C(=O)N6CCOCC6)C5)cc4)C3)c(C)n2n1. The molecule has 3 aliphatic rings. The largest absolute Gasteiger partial charge is 0.485 e. The standard InChI is InChI=1S/C27H34N6O3/c1-17-25(18(2)33-27(28-17)29-19(3)30-33)36-24-8-9-32(16-24)23-6-4-20(5-7-23)21-14-22(15-21)26(34)31-10-12-35-13-11-31/h4-7,21-22,24H,8-16H2,1-3H3/t21?,22?,24-/m1/s1. The van der Waals surface area contributed by atoms with Crippen molar-refractivity contribution in [3.05, 3.63) is 47.0 Å². The van der Waals surface area contributed by atoms with Gasteiger partial charge in [0.1, 0.15) is 11.9 Å². The number of rotatable bonds is 5. The Bertz CT molecular complexity index is 1260. The Morgan fingerprint density at radius 2 is 1.78 bits per heavy atom. The molecule has 1 atom stereocenters.